The lowest BCUT2D eigenvalue weighted by atomic mass is 10.2. The van der Waals surface area contributed by atoms with Gasteiger partial charge in [0.25, 0.3) is 0 Å². The fourth-order valence-electron chi connectivity index (χ4n) is 1.49. The number of carbonyl (C=O) groups excluding carboxylic acids is 1. The van der Waals surface area contributed by atoms with Crippen LogP contribution in [0.25, 0.3) is 0 Å². The molecular weight excluding hydrogens is 244 g/mol. The smallest absolute Gasteiger partial charge is 0.316 e. The second kappa shape index (κ2) is 6.44. The number of hydrogen-bond acceptors (Lipinski definition) is 5. The summed E-state index contributed by atoms with van der Waals surface area (Å²) in [6.07, 6.45) is 7.54. The maximum Gasteiger partial charge on any atom is 0.316 e. The van der Waals surface area contributed by atoms with Gasteiger partial charge in [-0.15, -0.1) is 0 Å². The molecule has 98 valence electrons. The molecule has 6 heteroatoms. The summed E-state index contributed by atoms with van der Waals surface area (Å²) in [6.45, 7) is 0. The Labute approximate surface area is 110 Å². The average Bonchev–Trinajstić information content (AvgIpc) is 2.47. The summed E-state index contributed by atoms with van der Waals surface area (Å²) in [5, 5.41) is 2.79. The molecule has 0 fully saturated rings. The lowest BCUT2D eigenvalue weighted by Gasteiger charge is -2.04. The summed E-state index contributed by atoms with van der Waals surface area (Å²) in [5.41, 5.74) is 1.64. The molecule has 2 aromatic rings. The molecule has 2 rings (SSSR count). The number of methoxy groups -OCH3 is 1. The first-order chi connectivity index (χ1) is 9.28. The number of carbonyl (C=O) groups is 1. The third-order valence-corrected chi connectivity index (χ3v) is 2.47. The first-order valence-electron chi connectivity index (χ1n) is 5.82. The van der Waals surface area contributed by atoms with E-state index in [-0.39, 0.29) is 5.91 Å². The minimum absolute atomic E-state index is 0.0537. The highest BCUT2D eigenvalue weighted by atomic mass is 16.5. The maximum atomic E-state index is 11.7. The lowest BCUT2D eigenvalue weighted by molar-refractivity contribution is -0.116. The number of nitrogens with one attached hydrogen (secondary N) is 1. The Hall–Kier alpha value is -2.50. The molecule has 0 radical (unpaired) electrons. The van der Waals surface area contributed by atoms with Crippen molar-refractivity contribution in [3.8, 4) is 6.01 Å². The lowest BCUT2D eigenvalue weighted by Crippen LogP contribution is -2.12. The van der Waals surface area contributed by atoms with Crippen LogP contribution < -0.4 is 10.1 Å². The second-order valence-electron chi connectivity index (χ2n) is 3.86. The summed E-state index contributed by atoms with van der Waals surface area (Å²) in [6, 6.07) is 3.81. The Morgan fingerprint density at radius 2 is 1.95 bits per heavy atom. The number of ether oxygens (including phenoxy) is 1. The van der Waals surface area contributed by atoms with E-state index in [1.807, 2.05) is 0 Å². The van der Waals surface area contributed by atoms with E-state index >= 15 is 0 Å². The van der Waals surface area contributed by atoms with Gasteiger partial charge < -0.3 is 10.1 Å². The van der Waals surface area contributed by atoms with Crippen molar-refractivity contribution in [2.24, 2.45) is 0 Å². The maximum absolute atomic E-state index is 11.7. The predicted octanol–water partition coefficient (Wildman–Crippen LogP) is 1.45. The first-order valence-corrected chi connectivity index (χ1v) is 5.82. The SMILES string of the molecule is COc1ncc(CCC(=O)Nc2ccncc2)cn1. The topological polar surface area (TPSA) is 77.0 Å². The zero-order valence-electron chi connectivity index (χ0n) is 10.5. The fraction of sp³-hybridized carbons (Fsp3) is 0.231. The minimum Gasteiger partial charge on any atom is -0.467 e. The van der Waals surface area contributed by atoms with Crippen molar-refractivity contribution in [3.05, 3.63) is 42.5 Å². The van der Waals surface area contributed by atoms with Crippen LogP contribution in [0, 0.1) is 0 Å². The summed E-state index contributed by atoms with van der Waals surface area (Å²) in [5.74, 6) is -0.0537. The van der Waals surface area contributed by atoms with Crippen LogP contribution in [-0.2, 0) is 11.2 Å². The van der Waals surface area contributed by atoms with E-state index in [0.29, 0.717) is 18.9 Å². The molecule has 0 aliphatic carbocycles. The molecule has 0 aromatic carbocycles. The van der Waals surface area contributed by atoms with Gasteiger partial charge in [0.1, 0.15) is 0 Å². The van der Waals surface area contributed by atoms with Crippen LogP contribution in [0.15, 0.2) is 36.9 Å². The number of hydrogen-bond donors (Lipinski definition) is 1. The molecule has 19 heavy (non-hydrogen) atoms. The summed E-state index contributed by atoms with van der Waals surface area (Å²) >= 11 is 0. The first kappa shape index (κ1) is 12.9. The molecule has 2 heterocycles. The van der Waals surface area contributed by atoms with Crippen LogP contribution in [0.1, 0.15) is 12.0 Å². The van der Waals surface area contributed by atoms with Gasteiger partial charge in [-0.1, -0.05) is 0 Å². The van der Waals surface area contributed by atoms with Gasteiger partial charge in [-0.25, -0.2) is 9.97 Å². The number of anilines is 1. The van der Waals surface area contributed by atoms with Crippen molar-refractivity contribution in [3.63, 3.8) is 0 Å². The zero-order valence-corrected chi connectivity index (χ0v) is 10.5. The van der Waals surface area contributed by atoms with Gasteiger partial charge in [-0.2, -0.15) is 0 Å². The Morgan fingerprint density at radius 1 is 1.26 bits per heavy atom. The molecule has 1 N–H and O–H groups in total. The minimum atomic E-state index is -0.0537. The van der Waals surface area contributed by atoms with E-state index in [4.69, 9.17) is 4.74 Å². The van der Waals surface area contributed by atoms with Gasteiger partial charge in [0.2, 0.25) is 5.91 Å². The van der Waals surface area contributed by atoms with E-state index in [2.05, 4.69) is 20.3 Å². The summed E-state index contributed by atoms with van der Waals surface area (Å²) in [7, 11) is 1.51. The largest absolute Gasteiger partial charge is 0.467 e. The monoisotopic (exact) mass is 258 g/mol. The fourth-order valence-corrected chi connectivity index (χ4v) is 1.49. The quantitative estimate of drug-likeness (QED) is 0.878. The van der Waals surface area contributed by atoms with Gasteiger partial charge >= 0.3 is 6.01 Å². The van der Waals surface area contributed by atoms with E-state index in [0.717, 1.165) is 11.3 Å². The molecule has 0 aliphatic rings. The van der Waals surface area contributed by atoms with Crippen molar-refractivity contribution in [2.75, 3.05) is 12.4 Å². The molecule has 0 bridgehead atoms. The third kappa shape index (κ3) is 4.02. The number of rotatable bonds is 5. The Bertz CT molecular complexity index is 528. The second-order valence-corrected chi connectivity index (χ2v) is 3.86. The zero-order chi connectivity index (χ0) is 13.5. The molecule has 2 aromatic heterocycles. The van der Waals surface area contributed by atoms with Crippen LogP contribution >= 0.6 is 0 Å². The number of nitrogens with zero attached hydrogens (tertiary/aromatic N) is 3. The van der Waals surface area contributed by atoms with Gasteiger partial charge in [-0.3, -0.25) is 9.78 Å². The Morgan fingerprint density at radius 3 is 2.58 bits per heavy atom. The molecule has 6 nitrogen and oxygen atoms in total. The molecule has 1 amide bonds. The van der Waals surface area contributed by atoms with Crippen molar-refractivity contribution in [2.45, 2.75) is 12.8 Å². The van der Waals surface area contributed by atoms with Crippen LogP contribution in [0.2, 0.25) is 0 Å². The molecule has 0 aliphatic heterocycles. The van der Waals surface area contributed by atoms with Crippen molar-refractivity contribution >= 4 is 11.6 Å². The van der Waals surface area contributed by atoms with E-state index < -0.39 is 0 Å². The molecule has 0 saturated heterocycles. The van der Waals surface area contributed by atoms with E-state index in [1.165, 1.54) is 7.11 Å². The highest BCUT2D eigenvalue weighted by Gasteiger charge is 2.04. The van der Waals surface area contributed by atoms with Crippen molar-refractivity contribution in [1.29, 1.82) is 0 Å². The van der Waals surface area contributed by atoms with Crippen LogP contribution in [-0.4, -0.2) is 28.0 Å². The van der Waals surface area contributed by atoms with Gasteiger partial charge in [0.05, 0.1) is 7.11 Å². The number of amides is 1. The highest BCUT2D eigenvalue weighted by Crippen LogP contribution is 2.07. The van der Waals surface area contributed by atoms with Crippen LogP contribution in [0.4, 0.5) is 5.69 Å². The summed E-state index contributed by atoms with van der Waals surface area (Å²) < 4.78 is 4.87. The highest BCUT2D eigenvalue weighted by molar-refractivity contribution is 5.90. The van der Waals surface area contributed by atoms with E-state index in [9.17, 15) is 4.79 Å². The number of aryl methyl sites for hydroxylation is 1. The molecule has 0 saturated carbocycles. The van der Waals surface area contributed by atoms with Gasteiger partial charge in [0, 0.05) is 36.9 Å². The van der Waals surface area contributed by atoms with Gasteiger partial charge in [0.15, 0.2) is 0 Å². The van der Waals surface area contributed by atoms with Gasteiger partial charge in [-0.05, 0) is 24.1 Å². The van der Waals surface area contributed by atoms with E-state index in [1.54, 1.807) is 36.9 Å². The standard InChI is InChI=1S/C13H14N4O2/c1-19-13-15-8-10(9-16-13)2-3-12(18)17-11-4-6-14-7-5-11/h4-9H,2-3H2,1H3,(H,14,17,18). The number of aromatic nitrogens is 3. The Balaban J connectivity index is 1.83. The Kier molecular flexibility index (Phi) is 4.39. The third-order valence-electron chi connectivity index (χ3n) is 2.47. The molecule has 0 atom stereocenters. The normalized spacial score (nSPS) is 9.95. The predicted molar refractivity (Wildman–Crippen MR) is 69.8 cm³/mol. The van der Waals surface area contributed by atoms with Crippen LogP contribution in [0.3, 0.4) is 0 Å². The average molecular weight is 258 g/mol. The molecular formula is C13H14N4O2. The van der Waals surface area contributed by atoms with Crippen molar-refractivity contribution < 1.29 is 9.53 Å². The molecule has 0 unspecified atom stereocenters. The summed E-state index contributed by atoms with van der Waals surface area (Å²) in [4.78, 5) is 23.6. The number of pyridine rings is 1. The van der Waals surface area contributed by atoms with Crippen molar-refractivity contribution in [1.82, 2.24) is 15.0 Å². The van der Waals surface area contributed by atoms with Crippen LogP contribution in [0.5, 0.6) is 6.01 Å². The molecule has 0 spiro atoms.